The maximum atomic E-state index is 13.8. The number of anilines is 1. The molecule has 1 aliphatic heterocycles. The van der Waals surface area contributed by atoms with Gasteiger partial charge in [-0.2, -0.15) is 5.10 Å². The number of aromatic amines is 1. The van der Waals surface area contributed by atoms with Crippen LogP contribution in [0.5, 0.6) is 0 Å². The number of halogens is 1. The number of nitrogens with zero attached hydrogens (tertiary/aromatic N) is 2. The van der Waals surface area contributed by atoms with E-state index in [0.29, 0.717) is 12.4 Å². The first-order chi connectivity index (χ1) is 12.7. The molecule has 0 spiro atoms. The second-order valence-electron chi connectivity index (χ2n) is 6.41. The quantitative estimate of drug-likeness (QED) is 0.742. The summed E-state index contributed by atoms with van der Waals surface area (Å²) in [6.45, 7) is 2.41. The Bertz CT molecular complexity index is 923. The number of rotatable bonds is 5. The van der Waals surface area contributed by atoms with Gasteiger partial charge in [-0.25, -0.2) is 4.39 Å². The Morgan fingerprint density at radius 1 is 1.12 bits per heavy atom. The van der Waals surface area contributed by atoms with Gasteiger partial charge in [0.25, 0.3) is 5.91 Å². The van der Waals surface area contributed by atoms with Crippen molar-refractivity contribution < 1.29 is 9.18 Å². The van der Waals surface area contributed by atoms with Gasteiger partial charge < -0.3 is 5.32 Å². The average Bonchev–Trinajstić information content (AvgIpc) is 3.23. The van der Waals surface area contributed by atoms with Crippen LogP contribution in [0.3, 0.4) is 0 Å². The van der Waals surface area contributed by atoms with E-state index in [9.17, 15) is 9.18 Å². The van der Waals surface area contributed by atoms with E-state index in [1.54, 1.807) is 12.1 Å². The molecule has 5 nitrogen and oxygen atoms in total. The van der Waals surface area contributed by atoms with Crippen molar-refractivity contribution in [3.8, 4) is 0 Å². The van der Waals surface area contributed by atoms with E-state index >= 15 is 0 Å². The smallest absolute Gasteiger partial charge is 0.259 e. The standard InChI is InChI=1S/C20H19FN4O/c21-17-9-5-4-8-15(17)20(26)22-19-16-12-25(13-18(16)23-24-19)11-10-14-6-2-1-3-7-14/h1-9H,10-13H2,(H2,22,23,24,26). The van der Waals surface area contributed by atoms with Crippen LogP contribution in [0, 0.1) is 5.82 Å². The fourth-order valence-electron chi connectivity index (χ4n) is 3.22. The molecule has 2 aromatic carbocycles. The third kappa shape index (κ3) is 3.36. The largest absolute Gasteiger partial charge is 0.305 e. The van der Waals surface area contributed by atoms with E-state index in [-0.39, 0.29) is 5.56 Å². The van der Waals surface area contributed by atoms with Crippen LogP contribution in [0.25, 0.3) is 0 Å². The summed E-state index contributed by atoms with van der Waals surface area (Å²) in [7, 11) is 0. The highest BCUT2D eigenvalue weighted by Gasteiger charge is 2.26. The van der Waals surface area contributed by atoms with Crippen molar-refractivity contribution in [2.45, 2.75) is 19.5 Å². The lowest BCUT2D eigenvalue weighted by Gasteiger charge is -2.15. The zero-order valence-corrected chi connectivity index (χ0v) is 14.2. The molecule has 2 heterocycles. The minimum absolute atomic E-state index is 0.0168. The van der Waals surface area contributed by atoms with Crippen LogP contribution in [-0.2, 0) is 19.5 Å². The van der Waals surface area contributed by atoms with E-state index in [0.717, 1.165) is 30.8 Å². The molecule has 0 aliphatic carbocycles. The van der Waals surface area contributed by atoms with E-state index in [1.165, 1.54) is 17.7 Å². The minimum Gasteiger partial charge on any atom is -0.305 e. The normalized spacial score (nSPS) is 13.6. The van der Waals surface area contributed by atoms with Gasteiger partial charge in [-0.05, 0) is 24.1 Å². The SMILES string of the molecule is O=C(Nc1n[nH]c2c1CN(CCc1ccccc1)C2)c1ccccc1F. The average molecular weight is 350 g/mol. The Morgan fingerprint density at radius 2 is 1.88 bits per heavy atom. The number of benzene rings is 2. The number of aromatic nitrogens is 2. The molecule has 0 fully saturated rings. The van der Waals surface area contributed by atoms with Crippen molar-refractivity contribution >= 4 is 11.7 Å². The zero-order chi connectivity index (χ0) is 17.9. The Labute approximate surface area is 150 Å². The van der Waals surface area contributed by atoms with E-state index in [2.05, 4.69) is 32.5 Å². The predicted octanol–water partition coefficient (Wildman–Crippen LogP) is 3.36. The summed E-state index contributed by atoms with van der Waals surface area (Å²) in [6, 6.07) is 16.3. The van der Waals surface area contributed by atoms with E-state index in [1.807, 2.05) is 18.2 Å². The fraction of sp³-hybridized carbons (Fsp3) is 0.200. The summed E-state index contributed by atoms with van der Waals surface area (Å²) in [6.07, 6.45) is 0.968. The second-order valence-corrected chi connectivity index (χ2v) is 6.41. The fourth-order valence-corrected chi connectivity index (χ4v) is 3.22. The number of carbonyl (C=O) groups is 1. The molecule has 26 heavy (non-hydrogen) atoms. The highest BCUT2D eigenvalue weighted by molar-refractivity contribution is 6.04. The lowest BCUT2D eigenvalue weighted by molar-refractivity contribution is 0.102. The van der Waals surface area contributed by atoms with E-state index < -0.39 is 11.7 Å². The van der Waals surface area contributed by atoms with Gasteiger partial charge >= 0.3 is 0 Å². The van der Waals surface area contributed by atoms with Crippen LogP contribution in [0.4, 0.5) is 10.2 Å². The first-order valence-corrected chi connectivity index (χ1v) is 8.59. The molecule has 0 radical (unpaired) electrons. The monoisotopic (exact) mass is 350 g/mol. The van der Waals surface area contributed by atoms with Gasteiger partial charge in [0, 0.05) is 25.2 Å². The molecule has 0 bridgehead atoms. The molecule has 6 heteroatoms. The second kappa shape index (κ2) is 7.09. The third-order valence-corrected chi connectivity index (χ3v) is 4.63. The Balaban J connectivity index is 1.41. The zero-order valence-electron chi connectivity index (χ0n) is 14.2. The van der Waals surface area contributed by atoms with Crippen molar-refractivity contribution in [2.75, 3.05) is 11.9 Å². The molecule has 1 aliphatic rings. The minimum atomic E-state index is -0.540. The molecule has 1 amide bonds. The van der Waals surface area contributed by atoms with Crippen LogP contribution in [0.2, 0.25) is 0 Å². The Kier molecular flexibility index (Phi) is 4.50. The van der Waals surface area contributed by atoms with Gasteiger partial charge in [-0.3, -0.25) is 14.8 Å². The van der Waals surface area contributed by atoms with Crippen molar-refractivity contribution in [1.29, 1.82) is 0 Å². The third-order valence-electron chi connectivity index (χ3n) is 4.63. The maximum Gasteiger partial charge on any atom is 0.259 e. The van der Waals surface area contributed by atoms with Crippen molar-refractivity contribution in [3.63, 3.8) is 0 Å². The molecule has 0 saturated heterocycles. The van der Waals surface area contributed by atoms with Crippen LogP contribution in [0.1, 0.15) is 27.2 Å². The Hall–Kier alpha value is -2.99. The molecular weight excluding hydrogens is 331 g/mol. The first-order valence-electron chi connectivity index (χ1n) is 8.59. The summed E-state index contributed by atoms with van der Waals surface area (Å²) >= 11 is 0. The van der Waals surface area contributed by atoms with Crippen molar-refractivity contribution in [1.82, 2.24) is 15.1 Å². The van der Waals surface area contributed by atoms with Crippen molar-refractivity contribution in [3.05, 3.63) is 82.8 Å². The van der Waals surface area contributed by atoms with Crippen LogP contribution in [0.15, 0.2) is 54.6 Å². The lowest BCUT2D eigenvalue weighted by Crippen LogP contribution is -2.21. The lowest BCUT2D eigenvalue weighted by atomic mass is 10.1. The highest BCUT2D eigenvalue weighted by Crippen LogP contribution is 2.27. The molecule has 0 saturated carbocycles. The van der Waals surface area contributed by atoms with Gasteiger partial charge in [0.05, 0.1) is 11.3 Å². The summed E-state index contributed by atoms with van der Waals surface area (Å²) in [5.74, 6) is -0.544. The Morgan fingerprint density at radius 3 is 2.69 bits per heavy atom. The highest BCUT2D eigenvalue weighted by atomic mass is 19.1. The molecule has 132 valence electrons. The van der Waals surface area contributed by atoms with Gasteiger partial charge in [0.1, 0.15) is 5.82 Å². The van der Waals surface area contributed by atoms with Crippen LogP contribution < -0.4 is 5.32 Å². The van der Waals surface area contributed by atoms with E-state index in [4.69, 9.17) is 0 Å². The van der Waals surface area contributed by atoms with Gasteiger partial charge in [-0.1, -0.05) is 42.5 Å². The molecule has 1 aromatic heterocycles. The predicted molar refractivity (Wildman–Crippen MR) is 97.2 cm³/mol. The number of amides is 1. The number of carbonyl (C=O) groups excluding carboxylic acids is 1. The van der Waals surface area contributed by atoms with Crippen molar-refractivity contribution in [2.24, 2.45) is 0 Å². The molecule has 2 N–H and O–H groups in total. The summed E-state index contributed by atoms with van der Waals surface area (Å²) < 4.78 is 13.8. The van der Waals surface area contributed by atoms with Crippen LogP contribution in [-0.4, -0.2) is 27.5 Å². The topological polar surface area (TPSA) is 61.0 Å². The first kappa shape index (κ1) is 16.5. The van der Waals surface area contributed by atoms with Crippen LogP contribution >= 0.6 is 0 Å². The molecule has 0 unspecified atom stereocenters. The molecular formula is C20H19FN4O. The summed E-state index contributed by atoms with van der Waals surface area (Å²) in [5.41, 5.74) is 3.29. The number of hydrogen-bond donors (Lipinski definition) is 2. The summed E-state index contributed by atoms with van der Waals surface area (Å²) in [4.78, 5) is 14.6. The molecule has 3 aromatic rings. The molecule has 4 rings (SSSR count). The van der Waals surface area contributed by atoms with Gasteiger partial charge in [0.15, 0.2) is 5.82 Å². The summed E-state index contributed by atoms with van der Waals surface area (Å²) in [5, 5.41) is 9.89. The van der Waals surface area contributed by atoms with Gasteiger partial charge in [-0.15, -0.1) is 0 Å². The van der Waals surface area contributed by atoms with Gasteiger partial charge in [0.2, 0.25) is 0 Å². The number of hydrogen-bond acceptors (Lipinski definition) is 3. The number of nitrogens with one attached hydrogen (secondary N) is 2. The molecule has 0 atom stereocenters. The number of fused-ring (bicyclic) bond motifs is 1. The number of H-pyrrole nitrogens is 1. The maximum absolute atomic E-state index is 13.8.